The first-order valence-electron chi connectivity index (χ1n) is 10.8. The molecule has 9 heteroatoms. The van der Waals surface area contributed by atoms with Gasteiger partial charge in [-0.2, -0.15) is 0 Å². The number of fused-ring (bicyclic) bond motifs is 2. The molecule has 0 saturated carbocycles. The Bertz CT molecular complexity index is 1290. The van der Waals surface area contributed by atoms with Crippen molar-refractivity contribution < 1.29 is 9.78 Å². The van der Waals surface area contributed by atoms with Gasteiger partial charge in [-0.15, -0.1) is 11.3 Å². The molecule has 5 rings (SSSR count). The molecule has 168 valence electrons. The van der Waals surface area contributed by atoms with E-state index in [0.717, 1.165) is 38.7 Å². The standard InChI is InChI=1S/C24H25N7OS/c1-30(2)13-15-7-8-17(26-12-15)16(11-25)24(32)31-10-9-19-21(28-14-27-19)22(31)23-29-18-5-3-4-6-20(18)33-23/h3-8,11-12,14,22H,9-10,13,25H2,1-2H3,(H,27,28)/p+1/b16-11+/t22-/m0/s1. The van der Waals surface area contributed by atoms with Crippen molar-refractivity contribution in [1.29, 1.82) is 0 Å². The summed E-state index contributed by atoms with van der Waals surface area (Å²) in [5.74, 6) is -0.146. The number of hydrogen-bond acceptors (Lipinski definition) is 6. The number of amides is 1. The zero-order valence-electron chi connectivity index (χ0n) is 18.6. The lowest BCUT2D eigenvalue weighted by molar-refractivity contribution is -0.382. The number of carbonyl (C=O) groups is 1. The Kier molecular flexibility index (Phi) is 5.65. The third kappa shape index (κ3) is 4.01. The van der Waals surface area contributed by atoms with Crippen molar-refractivity contribution in [2.45, 2.75) is 19.0 Å². The monoisotopic (exact) mass is 460 g/mol. The van der Waals surface area contributed by atoms with Crippen LogP contribution in [0.15, 0.2) is 55.1 Å². The van der Waals surface area contributed by atoms with Crippen LogP contribution in [0.4, 0.5) is 0 Å². The Hall–Kier alpha value is -3.56. The van der Waals surface area contributed by atoms with Crippen molar-refractivity contribution in [2.24, 2.45) is 5.73 Å². The molecule has 0 fully saturated rings. The van der Waals surface area contributed by atoms with E-state index >= 15 is 0 Å². The summed E-state index contributed by atoms with van der Waals surface area (Å²) in [7, 11) is 4.04. The van der Waals surface area contributed by atoms with Gasteiger partial charge in [-0.25, -0.2) is 15.0 Å². The Morgan fingerprint density at radius 1 is 1.33 bits per heavy atom. The normalized spacial score (nSPS) is 16.4. The molecule has 1 aliphatic heterocycles. The third-order valence-corrected chi connectivity index (χ3v) is 6.88. The molecule has 4 N–H and O–H groups in total. The predicted molar refractivity (Wildman–Crippen MR) is 128 cm³/mol. The number of hydrogen-bond donors (Lipinski definition) is 2. The Labute approximate surface area is 195 Å². The molecule has 1 atom stereocenters. The van der Waals surface area contributed by atoms with Gasteiger partial charge in [-0.05, 0) is 32.3 Å². The molecular weight excluding hydrogens is 434 g/mol. The van der Waals surface area contributed by atoms with E-state index in [-0.39, 0.29) is 11.9 Å². The van der Waals surface area contributed by atoms with Crippen molar-refractivity contribution in [1.82, 2.24) is 24.8 Å². The highest BCUT2D eigenvalue weighted by Crippen LogP contribution is 2.38. The number of pyridine rings is 1. The van der Waals surface area contributed by atoms with Gasteiger partial charge in [0.05, 0.1) is 22.2 Å². The average Bonchev–Trinajstić information content (AvgIpc) is 3.46. The van der Waals surface area contributed by atoms with E-state index in [1.54, 1.807) is 17.7 Å². The molecule has 8 nitrogen and oxygen atoms in total. The number of H-pyrrole nitrogens is 2. The maximum atomic E-state index is 13.8. The zero-order chi connectivity index (χ0) is 22.9. The van der Waals surface area contributed by atoms with Gasteiger partial charge in [0.15, 0.2) is 6.20 Å². The van der Waals surface area contributed by atoms with E-state index in [1.807, 2.05) is 61.6 Å². The largest absolute Gasteiger partial charge is 0.404 e. The van der Waals surface area contributed by atoms with Gasteiger partial charge < -0.3 is 20.5 Å². The van der Waals surface area contributed by atoms with Crippen LogP contribution < -0.4 is 10.7 Å². The maximum absolute atomic E-state index is 13.8. The van der Waals surface area contributed by atoms with E-state index in [0.29, 0.717) is 24.2 Å². The molecule has 1 aromatic carbocycles. The molecule has 0 radical (unpaired) electrons. The quantitative estimate of drug-likeness (QED) is 0.445. The third-order valence-electron chi connectivity index (χ3n) is 5.79. The SMILES string of the molecule is CN(C)Cc1ccc(/C(=C\N)C(=O)N2CCc3[nH]cnc3[C@H]2c2nc3ccccc3s2)[nH+]c1. The summed E-state index contributed by atoms with van der Waals surface area (Å²) in [5, 5.41) is 0.847. The summed E-state index contributed by atoms with van der Waals surface area (Å²) in [6.07, 6.45) is 5.69. The summed E-state index contributed by atoms with van der Waals surface area (Å²) < 4.78 is 1.09. The van der Waals surface area contributed by atoms with Crippen LogP contribution in [0.3, 0.4) is 0 Å². The summed E-state index contributed by atoms with van der Waals surface area (Å²) >= 11 is 1.59. The molecule has 1 amide bonds. The van der Waals surface area contributed by atoms with E-state index in [1.165, 1.54) is 6.20 Å². The highest BCUT2D eigenvalue weighted by Gasteiger charge is 2.38. The second-order valence-electron chi connectivity index (χ2n) is 8.37. The molecule has 3 aromatic heterocycles. The van der Waals surface area contributed by atoms with Gasteiger partial charge in [0.25, 0.3) is 5.91 Å². The lowest BCUT2D eigenvalue weighted by Crippen LogP contribution is -2.41. The lowest BCUT2D eigenvalue weighted by Gasteiger charge is -2.33. The summed E-state index contributed by atoms with van der Waals surface area (Å²) in [4.78, 5) is 33.6. The van der Waals surface area contributed by atoms with E-state index in [9.17, 15) is 4.79 Å². The fourth-order valence-corrected chi connectivity index (χ4v) is 5.36. The minimum atomic E-state index is -0.368. The smallest absolute Gasteiger partial charge is 0.263 e. The first-order chi connectivity index (χ1) is 16.0. The average molecular weight is 461 g/mol. The van der Waals surface area contributed by atoms with Crippen LogP contribution in [-0.2, 0) is 17.8 Å². The Balaban J connectivity index is 1.51. The van der Waals surface area contributed by atoms with Gasteiger partial charge in [0, 0.05) is 43.0 Å². The number of benzene rings is 1. The summed E-state index contributed by atoms with van der Waals surface area (Å²) in [6.45, 7) is 1.35. The zero-order valence-corrected chi connectivity index (χ0v) is 19.4. The summed E-state index contributed by atoms with van der Waals surface area (Å²) in [5.41, 5.74) is 11.0. The highest BCUT2D eigenvalue weighted by molar-refractivity contribution is 7.18. The first kappa shape index (κ1) is 21.3. The minimum Gasteiger partial charge on any atom is -0.404 e. The van der Waals surface area contributed by atoms with Crippen molar-refractivity contribution in [3.63, 3.8) is 0 Å². The number of nitrogens with one attached hydrogen (secondary N) is 2. The van der Waals surface area contributed by atoms with Crippen LogP contribution in [0, 0.1) is 0 Å². The number of para-hydroxylation sites is 1. The van der Waals surface area contributed by atoms with E-state index < -0.39 is 0 Å². The van der Waals surface area contributed by atoms with Crippen LogP contribution in [0.1, 0.15) is 33.7 Å². The number of rotatable bonds is 5. The molecule has 4 aromatic rings. The number of nitrogens with zero attached hydrogens (tertiary/aromatic N) is 4. The Morgan fingerprint density at radius 3 is 2.91 bits per heavy atom. The van der Waals surface area contributed by atoms with Crippen molar-refractivity contribution in [3.8, 4) is 0 Å². The second kappa shape index (κ2) is 8.76. The Morgan fingerprint density at radius 2 is 2.18 bits per heavy atom. The fraction of sp³-hybridized carbons (Fsp3) is 0.250. The number of carbonyl (C=O) groups excluding carboxylic acids is 1. The molecular formula is C24H26N7OS+. The molecule has 0 aliphatic carbocycles. The first-order valence-corrected chi connectivity index (χ1v) is 11.6. The number of aromatic nitrogens is 4. The highest BCUT2D eigenvalue weighted by atomic mass is 32.1. The minimum absolute atomic E-state index is 0.146. The van der Waals surface area contributed by atoms with Crippen LogP contribution in [0.25, 0.3) is 15.8 Å². The van der Waals surface area contributed by atoms with Gasteiger partial charge in [0.2, 0.25) is 5.69 Å². The topological polar surface area (TPSA) is 105 Å². The molecule has 33 heavy (non-hydrogen) atoms. The van der Waals surface area contributed by atoms with Crippen molar-refractivity contribution in [3.05, 3.63) is 82.8 Å². The van der Waals surface area contributed by atoms with E-state index in [2.05, 4.69) is 19.9 Å². The molecule has 1 aliphatic rings. The lowest BCUT2D eigenvalue weighted by atomic mass is 10.0. The molecule has 0 unspecified atom stereocenters. The number of aromatic amines is 2. The predicted octanol–water partition coefficient (Wildman–Crippen LogP) is 2.37. The fourth-order valence-electron chi connectivity index (χ4n) is 4.27. The van der Waals surface area contributed by atoms with Gasteiger partial charge in [0.1, 0.15) is 16.6 Å². The van der Waals surface area contributed by atoms with E-state index in [4.69, 9.17) is 10.7 Å². The number of imidazole rings is 1. The molecule has 0 spiro atoms. The van der Waals surface area contributed by atoms with Crippen LogP contribution >= 0.6 is 11.3 Å². The maximum Gasteiger partial charge on any atom is 0.263 e. The molecule has 0 bridgehead atoms. The molecule has 0 saturated heterocycles. The number of thiazole rings is 1. The van der Waals surface area contributed by atoms with Crippen LogP contribution in [0.5, 0.6) is 0 Å². The van der Waals surface area contributed by atoms with Gasteiger partial charge >= 0.3 is 0 Å². The second-order valence-corrected chi connectivity index (χ2v) is 9.43. The molecule has 4 heterocycles. The van der Waals surface area contributed by atoms with Gasteiger partial charge in [-0.3, -0.25) is 4.79 Å². The van der Waals surface area contributed by atoms with Crippen LogP contribution in [-0.4, -0.2) is 51.3 Å². The summed E-state index contributed by atoms with van der Waals surface area (Å²) in [6, 6.07) is 11.6. The number of nitrogens with two attached hydrogens (primary N) is 1. The van der Waals surface area contributed by atoms with Gasteiger partial charge in [-0.1, -0.05) is 12.1 Å². The van der Waals surface area contributed by atoms with Crippen molar-refractivity contribution >= 4 is 33.0 Å². The van der Waals surface area contributed by atoms with Crippen molar-refractivity contribution in [2.75, 3.05) is 20.6 Å². The van der Waals surface area contributed by atoms with Crippen LogP contribution in [0.2, 0.25) is 0 Å².